The van der Waals surface area contributed by atoms with Crippen molar-refractivity contribution in [2.75, 3.05) is 22.9 Å². The van der Waals surface area contributed by atoms with Crippen molar-refractivity contribution < 1.29 is 27.2 Å². The zero-order chi connectivity index (χ0) is 28.3. The van der Waals surface area contributed by atoms with Crippen LogP contribution < -0.4 is 14.8 Å². The molecule has 2 N–H and O–H groups in total. The Morgan fingerprint density at radius 2 is 1.82 bits per heavy atom. The third-order valence-corrected chi connectivity index (χ3v) is 8.99. The molecule has 1 unspecified atom stereocenters. The number of carbonyl (C=O) groups excluding carboxylic acids is 2. The number of nitrogens with one attached hydrogen (secondary N) is 2. The molecule has 1 aliphatic rings. The van der Waals surface area contributed by atoms with Crippen LogP contribution in [0.3, 0.4) is 0 Å². The predicted octanol–water partition coefficient (Wildman–Crippen LogP) is 5.42. The van der Waals surface area contributed by atoms with Crippen LogP contribution in [0.4, 0.5) is 11.4 Å². The maximum Gasteiger partial charge on any atom is 0.262 e. The highest BCUT2D eigenvalue weighted by Crippen LogP contribution is 2.39. The molecule has 1 aliphatic heterocycles. The molecule has 0 spiro atoms. The van der Waals surface area contributed by atoms with Crippen LogP contribution in [0.2, 0.25) is 0 Å². The number of aryl methyl sites for hydroxylation is 1. The van der Waals surface area contributed by atoms with Crippen LogP contribution in [0, 0.1) is 6.92 Å². The molecule has 5 rings (SSSR count). The topological polar surface area (TPSA) is 118 Å². The van der Waals surface area contributed by atoms with Crippen molar-refractivity contribution in [3.05, 3.63) is 108 Å². The number of amides is 2. The molecule has 0 aliphatic carbocycles. The monoisotopic (exact) mass is 577 g/mol. The third-order valence-electron chi connectivity index (χ3n) is 6.35. The number of nitrogens with zero attached hydrogens (tertiary/aromatic N) is 1. The molecule has 0 bridgehead atoms. The summed E-state index contributed by atoms with van der Waals surface area (Å²) in [7, 11) is -2.41. The zero-order valence-electron chi connectivity index (χ0n) is 21.8. The number of carbonyl (C=O) groups is 2. The Morgan fingerprint density at radius 3 is 2.50 bits per heavy atom. The standard InChI is InChI=1S/C29H27N3O6S2/c1-19-5-14-26(37-2)25(16-19)31-40(35,36)24-12-10-22(11-13-24)30-28(34)20-6-8-21(9-7-20)29-32(27(33)18-39-29)17-23-4-3-15-38-23/h3-16,29,31H,17-18H2,1-2H3,(H,30,34). The van der Waals surface area contributed by atoms with Gasteiger partial charge >= 0.3 is 0 Å². The fourth-order valence-electron chi connectivity index (χ4n) is 4.30. The van der Waals surface area contributed by atoms with E-state index in [1.165, 1.54) is 43.1 Å². The number of thioether (sulfide) groups is 1. The summed E-state index contributed by atoms with van der Waals surface area (Å²) >= 11 is 1.53. The number of anilines is 2. The molecule has 40 heavy (non-hydrogen) atoms. The van der Waals surface area contributed by atoms with Crippen LogP contribution >= 0.6 is 11.8 Å². The van der Waals surface area contributed by atoms with Gasteiger partial charge < -0.3 is 19.4 Å². The highest BCUT2D eigenvalue weighted by molar-refractivity contribution is 8.00. The van der Waals surface area contributed by atoms with Gasteiger partial charge in [-0.2, -0.15) is 0 Å². The summed E-state index contributed by atoms with van der Waals surface area (Å²) in [6, 6.07) is 21.8. The van der Waals surface area contributed by atoms with Gasteiger partial charge in [-0.25, -0.2) is 8.42 Å². The smallest absolute Gasteiger partial charge is 0.262 e. The minimum atomic E-state index is -3.88. The molecule has 206 valence electrons. The Morgan fingerprint density at radius 1 is 1.07 bits per heavy atom. The first-order valence-corrected chi connectivity index (χ1v) is 14.9. The van der Waals surface area contributed by atoms with Crippen LogP contribution in [-0.4, -0.2) is 38.0 Å². The van der Waals surface area contributed by atoms with Crippen molar-refractivity contribution in [3.8, 4) is 5.75 Å². The van der Waals surface area contributed by atoms with Crippen LogP contribution in [0.5, 0.6) is 5.75 Å². The average Bonchev–Trinajstić information content (AvgIpc) is 3.59. The minimum absolute atomic E-state index is 0.0342. The number of rotatable bonds is 9. The molecular formula is C29H27N3O6S2. The predicted molar refractivity (Wildman–Crippen MR) is 154 cm³/mol. The second kappa shape index (κ2) is 11.5. The number of benzene rings is 3. The van der Waals surface area contributed by atoms with Crippen molar-refractivity contribution in [3.63, 3.8) is 0 Å². The first kappa shape index (κ1) is 27.4. The lowest BCUT2D eigenvalue weighted by Crippen LogP contribution is -2.27. The second-order valence-electron chi connectivity index (χ2n) is 9.17. The van der Waals surface area contributed by atoms with Crippen LogP contribution in [-0.2, 0) is 21.4 Å². The van der Waals surface area contributed by atoms with Gasteiger partial charge in [-0.1, -0.05) is 18.2 Å². The molecule has 2 amide bonds. The van der Waals surface area contributed by atoms with Gasteiger partial charge in [0.25, 0.3) is 15.9 Å². The SMILES string of the molecule is COc1ccc(C)cc1NS(=O)(=O)c1ccc(NC(=O)c2ccc(C3SCC(=O)N3Cc3ccco3)cc2)cc1. The fourth-order valence-corrected chi connectivity index (χ4v) is 6.55. The van der Waals surface area contributed by atoms with E-state index in [9.17, 15) is 18.0 Å². The normalized spacial score (nSPS) is 15.2. The first-order chi connectivity index (χ1) is 19.2. The van der Waals surface area contributed by atoms with Gasteiger partial charge in [0, 0.05) is 11.3 Å². The Hall–Kier alpha value is -4.22. The van der Waals surface area contributed by atoms with E-state index in [4.69, 9.17) is 9.15 Å². The number of methoxy groups -OCH3 is 1. The number of hydrogen-bond acceptors (Lipinski definition) is 7. The van der Waals surface area contributed by atoms with E-state index in [-0.39, 0.29) is 22.1 Å². The number of hydrogen-bond donors (Lipinski definition) is 2. The summed E-state index contributed by atoms with van der Waals surface area (Å²) in [5, 5.41) is 2.62. The third kappa shape index (κ3) is 6.00. The number of ether oxygens (including phenoxy) is 1. The Kier molecular flexibility index (Phi) is 7.85. The lowest BCUT2D eigenvalue weighted by atomic mass is 10.1. The van der Waals surface area contributed by atoms with E-state index >= 15 is 0 Å². The quantitative estimate of drug-likeness (QED) is 0.273. The Labute approximate surface area is 236 Å². The zero-order valence-corrected chi connectivity index (χ0v) is 23.4. The van der Waals surface area contributed by atoms with Crippen LogP contribution in [0.1, 0.15) is 32.6 Å². The molecule has 0 saturated carbocycles. The van der Waals surface area contributed by atoms with Gasteiger partial charge in [0.1, 0.15) is 16.9 Å². The minimum Gasteiger partial charge on any atom is -0.495 e. The molecule has 4 aromatic rings. The molecule has 2 heterocycles. The van der Waals surface area contributed by atoms with E-state index in [1.54, 1.807) is 41.5 Å². The molecule has 0 radical (unpaired) electrons. The molecule has 1 fully saturated rings. The number of sulfonamides is 1. The van der Waals surface area contributed by atoms with Crippen LogP contribution in [0.15, 0.2) is 94.4 Å². The summed E-state index contributed by atoms with van der Waals surface area (Å²) < 4.78 is 39.1. The van der Waals surface area contributed by atoms with Crippen LogP contribution in [0.25, 0.3) is 0 Å². The summed E-state index contributed by atoms with van der Waals surface area (Å²) in [6.07, 6.45) is 1.58. The summed E-state index contributed by atoms with van der Waals surface area (Å²) in [4.78, 5) is 27.1. The van der Waals surface area contributed by atoms with Crippen molar-refractivity contribution >= 4 is 45.0 Å². The molecule has 1 aromatic heterocycles. The van der Waals surface area contributed by atoms with E-state index in [2.05, 4.69) is 10.0 Å². The van der Waals surface area contributed by atoms with E-state index in [0.29, 0.717) is 40.7 Å². The van der Waals surface area contributed by atoms with E-state index < -0.39 is 10.0 Å². The summed E-state index contributed by atoms with van der Waals surface area (Å²) in [5.74, 6) is 1.20. The molecule has 9 nitrogen and oxygen atoms in total. The molecule has 11 heteroatoms. The van der Waals surface area contributed by atoms with Gasteiger partial charge in [-0.3, -0.25) is 14.3 Å². The Bertz CT molecular complexity index is 1620. The molecule has 1 saturated heterocycles. The van der Waals surface area contributed by atoms with Crippen molar-refractivity contribution in [1.29, 1.82) is 0 Å². The maximum absolute atomic E-state index is 12.9. The van der Waals surface area contributed by atoms with Gasteiger partial charge in [-0.15, -0.1) is 11.8 Å². The van der Waals surface area contributed by atoms with E-state index in [1.807, 2.05) is 31.2 Å². The first-order valence-electron chi connectivity index (χ1n) is 12.4. The molecule has 3 aromatic carbocycles. The van der Waals surface area contributed by atoms with Gasteiger partial charge in [0.05, 0.1) is 36.3 Å². The fraction of sp³-hybridized carbons (Fsp3) is 0.172. The van der Waals surface area contributed by atoms with E-state index in [0.717, 1.165) is 11.1 Å². The van der Waals surface area contributed by atoms with Crippen molar-refractivity contribution in [2.45, 2.75) is 23.7 Å². The number of furan rings is 1. The summed E-state index contributed by atoms with van der Waals surface area (Å²) in [6.45, 7) is 2.24. The van der Waals surface area contributed by atoms with Crippen molar-refractivity contribution in [2.24, 2.45) is 0 Å². The van der Waals surface area contributed by atoms with Gasteiger partial charge in [0.2, 0.25) is 5.91 Å². The average molecular weight is 578 g/mol. The van der Waals surface area contributed by atoms with Crippen molar-refractivity contribution in [1.82, 2.24) is 4.90 Å². The summed E-state index contributed by atoms with van der Waals surface area (Å²) in [5.41, 5.74) is 3.01. The molecule has 1 atom stereocenters. The second-order valence-corrected chi connectivity index (χ2v) is 11.9. The highest BCUT2D eigenvalue weighted by Gasteiger charge is 2.33. The van der Waals surface area contributed by atoms with Gasteiger partial charge in [-0.05, 0) is 78.7 Å². The largest absolute Gasteiger partial charge is 0.495 e. The molecular weight excluding hydrogens is 550 g/mol. The Balaban J connectivity index is 1.24. The lowest BCUT2D eigenvalue weighted by Gasteiger charge is -2.23. The maximum atomic E-state index is 12.9. The lowest BCUT2D eigenvalue weighted by molar-refractivity contribution is -0.128. The van der Waals surface area contributed by atoms with Gasteiger partial charge in [0.15, 0.2) is 0 Å². The highest BCUT2D eigenvalue weighted by atomic mass is 32.2.